The third-order valence-electron chi connectivity index (χ3n) is 3.73. The predicted molar refractivity (Wildman–Crippen MR) is 74.7 cm³/mol. The molecule has 0 unspecified atom stereocenters. The largest absolute Gasteiger partial charge is 0.379 e. The summed E-state index contributed by atoms with van der Waals surface area (Å²) in [7, 11) is 0. The highest BCUT2D eigenvalue weighted by Crippen LogP contribution is 2.26. The Bertz CT molecular complexity index is 430. The molecule has 1 heterocycles. The summed E-state index contributed by atoms with van der Waals surface area (Å²) >= 11 is 0. The maximum absolute atomic E-state index is 12.1. The number of nitrogens with one attached hydrogen (secondary N) is 1. The lowest BCUT2D eigenvalue weighted by Crippen LogP contribution is -2.58. The van der Waals surface area contributed by atoms with E-state index in [2.05, 4.69) is 43.4 Å². The van der Waals surface area contributed by atoms with Crippen molar-refractivity contribution in [2.24, 2.45) is 11.1 Å². The van der Waals surface area contributed by atoms with Crippen molar-refractivity contribution in [1.82, 2.24) is 5.32 Å². The van der Waals surface area contributed by atoms with E-state index < -0.39 is 5.41 Å². The average molecular weight is 262 g/mol. The Kier molecular flexibility index (Phi) is 4.22. The van der Waals surface area contributed by atoms with E-state index >= 15 is 0 Å². The molecule has 1 amide bonds. The molecule has 0 saturated carbocycles. The molecule has 1 aliphatic heterocycles. The number of carbonyl (C=O) groups excluding carboxylic acids is 1. The Balaban J connectivity index is 1.90. The van der Waals surface area contributed by atoms with Crippen LogP contribution in [-0.4, -0.2) is 25.7 Å². The van der Waals surface area contributed by atoms with Crippen LogP contribution in [0.25, 0.3) is 0 Å². The lowest BCUT2D eigenvalue weighted by Gasteiger charge is -2.38. The van der Waals surface area contributed by atoms with Gasteiger partial charge in [0.2, 0.25) is 5.91 Å². The fraction of sp³-hybridized carbons (Fsp3) is 0.533. The number of ether oxygens (including phenoxy) is 1. The second-order valence-electron chi connectivity index (χ2n) is 5.56. The van der Waals surface area contributed by atoms with Crippen LogP contribution in [0.4, 0.5) is 0 Å². The van der Waals surface area contributed by atoms with Crippen molar-refractivity contribution >= 4 is 5.91 Å². The minimum Gasteiger partial charge on any atom is -0.379 e. The van der Waals surface area contributed by atoms with E-state index in [1.165, 1.54) is 5.56 Å². The van der Waals surface area contributed by atoms with Crippen LogP contribution in [0, 0.1) is 5.41 Å². The van der Waals surface area contributed by atoms with Crippen LogP contribution in [0.2, 0.25) is 0 Å². The number of hydrogen-bond acceptors (Lipinski definition) is 3. The molecule has 1 saturated heterocycles. The highest BCUT2D eigenvalue weighted by Gasteiger charge is 2.44. The van der Waals surface area contributed by atoms with Gasteiger partial charge in [-0.1, -0.05) is 38.1 Å². The van der Waals surface area contributed by atoms with Gasteiger partial charge >= 0.3 is 0 Å². The molecular formula is C15H22N2O2. The Morgan fingerprint density at radius 2 is 2.00 bits per heavy atom. The van der Waals surface area contributed by atoms with Gasteiger partial charge < -0.3 is 15.8 Å². The quantitative estimate of drug-likeness (QED) is 0.843. The second kappa shape index (κ2) is 5.72. The van der Waals surface area contributed by atoms with E-state index in [0.29, 0.717) is 32.2 Å². The van der Waals surface area contributed by atoms with Crippen LogP contribution >= 0.6 is 0 Å². The molecule has 0 radical (unpaired) electrons. The molecule has 2 rings (SSSR count). The predicted octanol–water partition coefficient (Wildman–Crippen LogP) is 1.40. The van der Waals surface area contributed by atoms with E-state index in [4.69, 9.17) is 10.5 Å². The van der Waals surface area contributed by atoms with Crippen LogP contribution in [-0.2, 0) is 16.1 Å². The van der Waals surface area contributed by atoms with Gasteiger partial charge in [0, 0.05) is 13.1 Å². The van der Waals surface area contributed by atoms with E-state index in [0.717, 1.165) is 5.56 Å². The van der Waals surface area contributed by atoms with Crippen molar-refractivity contribution in [3.63, 3.8) is 0 Å². The van der Waals surface area contributed by atoms with E-state index in [9.17, 15) is 4.79 Å². The molecular weight excluding hydrogens is 240 g/mol. The monoisotopic (exact) mass is 262 g/mol. The first-order valence-corrected chi connectivity index (χ1v) is 6.72. The smallest absolute Gasteiger partial charge is 0.232 e. The molecule has 1 aromatic rings. The molecule has 1 fully saturated rings. The van der Waals surface area contributed by atoms with Gasteiger partial charge in [-0.05, 0) is 17.0 Å². The first-order chi connectivity index (χ1) is 9.07. The summed E-state index contributed by atoms with van der Waals surface area (Å²) in [6, 6.07) is 8.33. The molecule has 0 aromatic heterocycles. The van der Waals surface area contributed by atoms with Crippen LogP contribution in [0.3, 0.4) is 0 Å². The Hall–Kier alpha value is -1.39. The summed E-state index contributed by atoms with van der Waals surface area (Å²) < 4.78 is 5.10. The number of rotatable bonds is 5. The number of nitrogens with two attached hydrogens (primary N) is 1. The molecule has 3 N–H and O–H groups in total. The molecule has 104 valence electrons. The Morgan fingerprint density at radius 1 is 1.37 bits per heavy atom. The third-order valence-corrected chi connectivity index (χ3v) is 3.73. The summed E-state index contributed by atoms with van der Waals surface area (Å²) in [5.74, 6) is 0.519. The number of benzene rings is 1. The summed E-state index contributed by atoms with van der Waals surface area (Å²) in [5, 5.41) is 2.94. The lowest BCUT2D eigenvalue weighted by molar-refractivity contribution is -0.159. The van der Waals surface area contributed by atoms with Gasteiger partial charge in [-0.3, -0.25) is 4.79 Å². The fourth-order valence-corrected chi connectivity index (χ4v) is 2.08. The van der Waals surface area contributed by atoms with Gasteiger partial charge in [0.15, 0.2) is 0 Å². The first-order valence-electron chi connectivity index (χ1n) is 6.72. The van der Waals surface area contributed by atoms with Gasteiger partial charge in [-0.2, -0.15) is 0 Å². The Morgan fingerprint density at radius 3 is 2.42 bits per heavy atom. The van der Waals surface area contributed by atoms with Gasteiger partial charge in [0.25, 0.3) is 0 Å². The zero-order valence-corrected chi connectivity index (χ0v) is 11.6. The lowest BCUT2D eigenvalue weighted by atomic mass is 9.85. The zero-order chi connectivity index (χ0) is 13.9. The summed E-state index contributed by atoms with van der Waals surface area (Å²) in [6.07, 6.45) is 0. The second-order valence-corrected chi connectivity index (χ2v) is 5.56. The van der Waals surface area contributed by atoms with Gasteiger partial charge in [-0.15, -0.1) is 0 Å². The van der Waals surface area contributed by atoms with E-state index in [1.54, 1.807) is 0 Å². The molecule has 4 nitrogen and oxygen atoms in total. The van der Waals surface area contributed by atoms with Crippen molar-refractivity contribution < 1.29 is 9.53 Å². The maximum Gasteiger partial charge on any atom is 0.232 e. The number of amides is 1. The van der Waals surface area contributed by atoms with Crippen molar-refractivity contribution in [1.29, 1.82) is 0 Å². The minimum absolute atomic E-state index is 0.00538. The third kappa shape index (κ3) is 2.96. The highest BCUT2D eigenvalue weighted by atomic mass is 16.5. The van der Waals surface area contributed by atoms with Crippen LogP contribution in [0.5, 0.6) is 0 Å². The summed E-state index contributed by atoms with van der Waals surface area (Å²) in [6.45, 7) is 6.07. The molecule has 0 spiro atoms. The van der Waals surface area contributed by atoms with E-state index in [1.807, 2.05) is 0 Å². The molecule has 19 heavy (non-hydrogen) atoms. The average Bonchev–Trinajstić information content (AvgIpc) is 2.36. The highest BCUT2D eigenvalue weighted by molar-refractivity contribution is 5.84. The van der Waals surface area contributed by atoms with Crippen molar-refractivity contribution in [2.45, 2.75) is 26.3 Å². The Labute approximate surface area is 114 Å². The standard InChI is InChI=1S/C15H22N2O2/c1-11(2)13-5-3-12(4-6-13)7-17-14(18)15(8-16)9-19-10-15/h3-6,11H,7-10,16H2,1-2H3,(H,17,18). The molecule has 1 aromatic carbocycles. The van der Waals surface area contributed by atoms with Gasteiger partial charge in [0.05, 0.1) is 13.2 Å². The van der Waals surface area contributed by atoms with Crippen LogP contribution in [0.1, 0.15) is 30.9 Å². The number of hydrogen-bond donors (Lipinski definition) is 2. The van der Waals surface area contributed by atoms with Crippen molar-refractivity contribution in [3.8, 4) is 0 Å². The molecule has 1 aliphatic rings. The molecule has 0 bridgehead atoms. The molecule has 0 atom stereocenters. The normalized spacial score (nSPS) is 17.1. The first kappa shape index (κ1) is 14.0. The molecule has 4 heteroatoms. The fourth-order valence-electron chi connectivity index (χ4n) is 2.08. The van der Waals surface area contributed by atoms with Gasteiger partial charge in [0.1, 0.15) is 5.41 Å². The SMILES string of the molecule is CC(C)c1ccc(CNC(=O)C2(CN)COC2)cc1. The number of carbonyl (C=O) groups is 1. The maximum atomic E-state index is 12.1. The summed E-state index contributed by atoms with van der Waals surface area (Å²) in [4.78, 5) is 12.1. The van der Waals surface area contributed by atoms with Crippen LogP contribution < -0.4 is 11.1 Å². The zero-order valence-electron chi connectivity index (χ0n) is 11.6. The summed E-state index contributed by atoms with van der Waals surface area (Å²) in [5.41, 5.74) is 7.56. The minimum atomic E-state index is -0.502. The van der Waals surface area contributed by atoms with E-state index in [-0.39, 0.29) is 5.91 Å². The molecule has 0 aliphatic carbocycles. The van der Waals surface area contributed by atoms with Gasteiger partial charge in [-0.25, -0.2) is 0 Å². The topological polar surface area (TPSA) is 64.4 Å². The van der Waals surface area contributed by atoms with Crippen molar-refractivity contribution in [3.05, 3.63) is 35.4 Å². The van der Waals surface area contributed by atoms with Crippen LogP contribution in [0.15, 0.2) is 24.3 Å². The van der Waals surface area contributed by atoms with Crippen molar-refractivity contribution in [2.75, 3.05) is 19.8 Å².